The molecule has 0 aliphatic heterocycles. The summed E-state index contributed by atoms with van der Waals surface area (Å²) in [5.74, 6) is 0.678. The minimum absolute atomic E-state index is 0.0440. The largest absolute Gasteiger partial charge is 0.492 e. The second-order valence-corrected chi connectivity index (χ2v) is 5.15. The second kappa shape index (κ2) is 10.2. The highest BCUT2D eigenvalue weighted by molar-refractivity contribution is 7.80. The molecule has 21 heavy (non-hydrogen) atoms. The van der Waals surface area contributed by atoms with Crippen LogP contribution in [0.5, 0.6) is 5.75 Å². The quantitative estimate of drug-likeness (QED) is 0.565. The van der Waals surface area contributed by atoms with Crippen LogP contribution < -0.4 is 15.4 Å². The number of rotatable bonds is 8. The van der Waals surface area contributed by atoms with Gasteiger partial charge in [0.05, 0.1) is 12.3 Å². The minimum atomic E-state index is -0.0440. The summed E-state index contributed by atoms with van der Waals surface area (Å²) < 4.78 is 5.50. The standard InChI is InChI=1S/C16H24N2O2S/c1-3-5-6-7-12-15(19)18-16(21)17-13-10-8-9-11-14(13)20-4-2/h8-11H,3-7,12H2,1-2H3,(H2,17,18,19,21). The third kappa shape index (κ3) is 7.09. The van der Waals surface area contributed by atoms with Gasteiger partial charge in [-0.05, 0) is 37.7 Å². The highest BCUT2D eigenvalue weighted by Crippen LogP contribution is 2.23. The van der Waals surface area contributed by atoms with Crippen molar-refractivity contribution in [2.24, 2.45) is 0 Å². The van der Waals surface area contributed by atoms with Crippen molar-refractivity contribution in [1.82, 2.24) is 5.32 Å². The molecule has 0 saturated carbocycles. The van der Waals surface area contributed by atoms with Crippen LogP contribution in [0, 0.1) is 0 Å². The summed E-state index contributed by atoms with van der Waals surface area (Å²) in [7, 11) is 0. The van der Waals surface area contributed by atoms with Crippen LogP contribution in [0.2, 0.25) is 0 Å². The van der Waals surface area contributed by atoms with Crippen molar-refractivity contribution >= 4 is 28.9 Å². The third-order valence-electron chi connectivity index (χ3n) is 2.95. The predicted molar refractivity (Wildman–Crippen MR) is 90.7 cm³/mol. The second-order valence-electron chi connectivity index (χ2n) is 4.74. The van der Waals surface area contributed by atoms with Crippen LogP contribution in [0.15, 0.2) is 24.3 Å². The Kier molecular flexibility index (Phi) is 8.43. The van der Waals surface area contributed by atoms with E-state index >= 15 is 0 Å². The summed E-state index contributed by atoms with van der Waals surface area (Å²) in [6.07, 6.45) is 4.82. The van der Waals surface area contributed by atoms with E-state index in [-0.39, 0.29) is 5.91 Å². The maximum absolute atomic E-state index is 11.7. The number of para-hydroxylation sites is 2. The predicted octanol–water partition coefficient (Wildman–Crippen LogP) is 3.87. The zero-order chi connectivity index (χ0) is 15.5. The van der Waals surface area contributed by atoms with E-state index < -0.39 is 0 Å². The average molecular weight is 308 g/mol. The first kappa shape index (κ1) is 17.4. The van der Waals surface area contributed by atoms with Crippen molar-refractivity contribution in [3.63, 3.8) is 0 Å². The molecule has 0 saturated heterocycles. The Balaban J connectivity index is 2.41. The van der Waals surface area contributed by atoms with Crippen LogP contribution in [0.4, 0.5) is 5.69 Å². The SMILES string of the molecule is CCCCCCC(=O)NC(=S)Nc1ccccc1OCC. The Hall–Kier alpha value is -1.62. The first-order chi connectivity index (χ1) is 10.2. The van der Waals surface area contributed by atoms with Gasteiger partial charge in [0, 0.05) is 6.42 Å². The van der Waals surface area contributed by atoms with Gasteiger partial charge < -0.3 is 15.4 Å². The summed E-state index contributed by atoms with van der Waals surface area (Å²) in [4.78, 5) is 11.7. The molecule has 1 amide bonds. The molecule has 2 N–H and O–H groups in total. The topological polar surface area (TPSA) is 50.4 Å². The van der Waals surface area contributed by atoms with Crippen LogP contribution in [0.1, 0.15) is 46.0 Å². The fourth-order valence-electron chi connectivity index (χ4n) is 1.91. The summed E-state index contributed by atoms with van der Waals surface area (Å²) in [5, 5.41) is 6.01. The van der Waals surface area contributed by atoms with Gasteiger partial charge in [-0.3, -0.25) is 4.79 Å². The van der Waals surface area contributed by atoms with Gasteiger partial charge in [-0.1, -0.05) is 38.3 Å². The molecule has 0 fully saturated rings. The Labute approximate surface area is 132 Å². The molecule has 0 aromatic heterocycles. The van der Waals surface area contributed by atoms with Crippen LogP contribution in [0.25, 0.3) is 0 Å². The fraction of sp³-hybridized carbons (Fsp3) is 0.500. The minimum Gasteiger partial charge on any atom is -0.492 e. The van der Waals surface area contributed by atoms with Crippen molar-refractivity contribution < 1.29 is 9.53 Å². The zero-order valence-corrected chi connectivity index (χ0v) is 13.6. The summed E-state index contributed by atoms with van der Waals surface area (Å²) in [6, 6.07) is 7.51. The Bertz CT molecular complexity index is 463. The first-order valence-corrected chi connectivity index (χ1v) is 7.90. The maximum atomic E-state index is 11.7. The number of hydrogen-bond donors (Lipinski definition) is 2. The van der Waals surface area contributed by atoms with Gasteiger partial charge in [-0.2, -0.15) is 0 Å². The number of nitrogens with one attached hydrogen (secondary N) is 2. The van der Waals surface area contributed by atoms with Crippen molar-refractivity contribution in [3.05, 3.63) is 24.3 Å². The van der Waals surface area contributed by atoms with E-state index in [2.05, 4.69) is 17.6 Å². The van der Waals surface area contributed by atoms with Gasteiger partial charge in [0.1, 0.15) is 5.75 Å². The number of ether oxygens (including phenoxy) is 1. The van der Waals surface area contributed by atoms with Gasteiger partial charge >= 0.3 is 0 Å². The number of benzene rings is 1. The van der Waals surface area contributed by atoms with E-state index in [4.69, 9.17) is 17.0 Å². The molecule has 1 rings (SSSR count). The monoisotopic (exact) mass is 308 g/mol. The number of anilines is 1. The van der Waals surface area contributed by atoms with E-state index in [0.717, 1.165) is 37.1 Å². The van der Waals surface area contributed by atoms with E-state index in [1.54, 1.807) is 0 Å². The average Bonchev–Trinajstić information content (AvgIpc) is 2.46. The van der Waals surface area contributed by atoms with E-state index in [1.165, 1.54) is 0 Å². The van der Waals surface area contributed by atoms with Crippen molar-refractivity contribution in [1.29, 1.82) is 0 Å². The number of hydrogen-bond acceptors (Lipinski definition) is 3. The lowest BCUT2D eigenvalue weighted by Crippen LogP contribution is -2.34. The molecule has 5 heteroatoms. The van der Waals surface area contributed by atoms with Crippen LogP contribution in [-0.4, -0.2) is 17.6 Å². The molecule has 0 heterocycles. The lowest BCUT2D eigenvalue weighted by atomic mass is 10.1. The molecule has 0 radical (unpaired) electrons. The van der Waals surface area contributed by atoms with E-state index in [9.17, 15) is 4.79 Å². The molecule has 116 valence electrons. The number of carbonyl (C=O) groups excluding carboxylic acids is 1. The van der Waals surface area contributed by atoms with Gasteiger partial charge in [0.2, 0.25) is 5.91 Å². The van der Waals surface area contributed by atoms with Crippen molar-refractivity contribution in [3.8, 4) is 5.75 Å². The smallest absolute Gasteiger partial charge is 0.226 e. The van der Waals surface area contributed by atoms with Gasteiger partial charge in [-0.15, -0.1) is 0 Å². The van der Waals surface area contributed by atoms with Gasteiger partial charge in [0.15, 0.2) is 5.11 Å². The van der Waals surface area contributed by atoms with E-state index in [1.807, 2.05) is 31.2 Å². The lowest BCUT2D eigenvalue weighted by molar-refractivity contribution is -0.119. The first-order valence-electron chi connectivity index (χ1n) is 7.50. The summed E-state index contributed by atoms with van der Waals surface area (Å²) >= 11 is 5.16. The normalized spacial score (nSPS) is 10.0. The fourth-order valence-corrected chi connectivity index (χ4v) is 2.13. The highest BCUT2D eigenvalue weighted by atomic mass is 32.1. The van der Waals surface area contributed by atoms with Crippen LogP contribution in [0.3, 0.4) is 0 Å². The third-order valence-corrected chi connectivity index (χ3v) is 3.15. The molecule has 0 aliphatic carbocycles. The van der Waals surface area contributed by atoms with Crippen molar-refractivity contribution in [2.45, 2.75) is 46.0 Å². The van der Waals surface area contributed by atoms with Crippen LogP contribution in [-0.2, 0) is 4.79 Å². The Morgan fingerprint density at radius 1 is 1.19 bits per heavy atom. The zero-order valence-electron chi connectivity index (χ0n) is 12.8. The molecule has 0 bridgehead atoms. The molecule has 1 aromatic rings. The molecular formula is C16H24N2O2S. The van der Waals surface area contributed by atoms with Gasteiger partial charge in [-0.25, -0.2) is 0 Å². The molecular weight excluding hydrogens is 284 g/mol. The van der Waals surface area contributed by atoms with Gasteiger partial charge in [0.25, 0.3) is 0 Å². The molecule has 4 nitrogen and oxygen atoms in total. The molecule has 0 atom stereocenters. The number of unbranched alkanes of at least 4 members (excludes halogenated alkanes) is 3. The van der Waals surface area contributed by atoms with Crippen LogP contribution >= 0.6 is 12.2 Å². The molecule has 0 aliphatic rings. The molecule has 0 unspecified atom stereocenters. The lowest BCUT2D eigenvalue weighted by Gasteiger charge is -2.13. The number of thiocarbonyl (C=S) groups is 1. The Morgan fingerprint density at radius 2 is 1.95 bits per heavy atom. The molecule has 0 spiro atoms. The Morgan fingerprint density at radius 3 is 2.67 bits per heavy atom. The van der Waals surface area contributed by atoms with E-state index in [0.29, 0.717) is 18.1 Å². The summed E-state index contributed by atoms with van der Waals surface area (Å²) in [5.41, 5.74) is 0.760. The summed E-state index contributed by atoms with van der Waals surface area (Å²) in [6.45, 7) is 4.65. The highest BCUT2D eigenvalue weighted by Gasteiger charge is 2.07. The van der Waals surface area contributed by atoms with Crippen molar-refractivity contribution in [2.75, 3.05) is 11.9 Å². The maximum Gasteiger partial charge on any atom is 0.226 e. The number of carbonyl (C=O) groups is 1. The number of amides is 1. The molecule has 1 aromatic carbocycles.